The predicted molar refractivity (Wildman–Crippen MR) is 71.2 cm³/mol. The van der Waals surface area contributed by atoms with Crippen molar-refractivity contribution < 1.29 is 20.1 Å². The lowest BCUT2D eigenvalue weighted by atomic mass is 10.0. The van der Waals surface area contributed by atoms with Crippen molar-refractivity contribution in [3.05, 3.63) is 47.5 Å². The van der Waals surface area contributed by atoms with Crippen molar-refractivity contribution >= 4 is 11.6 Å². The van der Waals surface area contributed by atoms with Crippen LogP contribution in [0.3, 0.4) is 0 Å². The first kappa shape index (κ1) is 11.5. The smallest absolute Gasteiger partial charge is 0.161 e. The Labute approximate surface area is 109 Å². The van der Waals surface area contributed by atoms with Gasteiger partial charge < -0.3 is 20.1 Å². The fourth-order valence-corrected chi connectivity index (χ4v) is 2.07. The molecular weight excluding hydrogens is 244 g/mol. The number of aromatic hydroxyl groups is 3. The highest BCUT2D eigenvalue weighted by Gasteiger charge is 2.15. The van der Waals surface area contributed by atoms with Gasteiger partial charge in [-0.2, -0.15) is 0 Å². The van der Waals surface area contributed by atoms with Crippen LogP contribution in [0.2, 0.25) is 0 Å². The first-order chi connectivity index (χ1) is 9.13. The molecular formula is C15H12O4. The summed E-state index contributed by atoms with van der Waals surface area (Å²) >= 11 is 0. The van der Waals surface area contributed by atoms with E-state index >= 15 is 0 Å². The zero-order chi connectivity index (χ0) is 13.4. The van der Waals surface area contributed by atoms with Gasteiger partial charge in [0.15, 0.2) is 11.5 Å². The van der Waals surface area contributed by atoms with Crippen LogP contribution in [-0.2, 0) is 0 Å². The third kappa shape index (κ3) is 2.08. The van der Waals surface area contributed by atoms with E-state index in [-0.39, 0.29) is 17.2 Å². The SMILES string of the molecule is Oc1cccc(C2=Cc3cc(O)c(O)cc3OC2)c1. The summed E-state index contributed by atoms with van der Waals surface area (Å²) in [5.74, 6) is 0.334. The number of benzene rings is 2. The van der Waals surface area contributed by atoms with E-state index in [0.717, 1.165) is 11.1 Å². The Morgan fingerprint density at radius 3 is 2.53 bits per heavy atom. The van der Waals surface area contributed by atoms with Gasteiger partial charge in [0.1, 0.15) is 18.1 Å². The van der Waals surface area contributed by atoms with Crippen molar-refractivity contribution in [2.24, 2.45) is 0 Å². The largest absolute Gasteiger partial charge is 0.508 e. The van der Waals surface area contributed by atoms with Gasteiger partial charge in [-0.15, -0.1) is 0 Å². The Balaban J connectivity index is 2.06. The maximum Gasteiger partial charge on any atom is 0.161 e. The molecule has 4 nitrogen and oxygen atoms in total. The molecule has 2 aromatic rings. The molecule has 96 valence electrons. The Morgan fingerprint density at radius 2 is 1.74 bits per heavy atom. The first-order valence-electron chi connectivity index (χ1n) is 5.82. The molecule has 0 spiro atoms. The molecule has 0 saturated heterocycles. The standard InChI is InChI=1S/C15H12O4/c16-12-3-1-2-9(5-12)11-4-10-6-13(17)14(18)7-15(10)19-8-11/h1-7,16-18H,8H2. The van der Waals surface area contributed by atoms with Crippen molar-refractivity contribution in [2.75, 3.05) is 6.61 Å². The lowest BCUT2D eigenvalue weighted by molar-refractivity contribution is 0.356. The molecule has 3 rings (SSSR count). The molecule has 3 N–H and O–H groups in total. The van der Waals surface area contributed by atoms with E-state index in [1.54, 1.807) is 18.2 Å². The molecule has 0 amide bonds. The Morgan fingerprint density at radius 1 is 0.947 bits per heavy atom. The van der Waals surface area contributed by atoms with Gasteiger partial charge in [0.25, 0.3) is 0 Å². The van der Waals surface area contributed by atoms with Crippen LogP contribution in [0.1, 0.15) is 11.1 Å². The number of hydrogen-bond acceptors (Lipinski definition) is 4. The van der Waals surface area contributed by atoms with Gasteiger partial charge in [-0.1, -0.05) is 12.1 Å². The molecule has 0 atom stereocenters. The molecule has 0 radical (unpaired) electrons. The van der Waals surface area contributed by atoms with E-state index in [0.29, 0.717) is 17.9 Å². The lowest BCUT2D eigenvalue weighted by Gasteiger charge is -2.19. The summed E-state index contributed by atoms with van der Waals surface area (Å²) in [6, 6.07) is 9.73. The molecule has 0 unspecified atom stereocenters. The fraction of sp³-hybridized carbons (Fsp3) is 0.0667. The van der Waals surface area contributed by atoms with Crippen LogP contribution in [0.15, 0.2) is 36.4 Å². The van der Waals surface area contributed by atoms with Crippen molar-refractivity contribution in [3.63, 3.8) is 0 Å². The quantitative estimate of drug-likeness (QED) is 0.686. The molecule has 0 saturated carbocycles. The van der Waals surface area contributed by atoms with Crippen LogP contribution in [0.5, 0.6) is 23.0 Å². The predicted octanol–water partition coefficient (Wildman–Crippen LogP) is 2.74. The molecule has 2 aromatic carbocycles. The third-order valence-corrected chi connectivity index (χ3v) is 3.04. The summed E-state index contributed by atoms with van der Waals surface area (Å²) in [6.45, 7) is 0.348. The van der Waals surface area contributed by atoms with Gasteiger partial charge in [0.05, 0.1) is 0 Å². The van der Waals surface area contributed by atoms with E-state index in [1.165, 1.54) is 12.1 Å². The Hall–Kier alpha value is -2.62. The number of hydrogen-bond donors (Lipinski definition) is 3. The molecule has 1 aliphatic rings. The highest BCUT2D eigenvalue weighted by molar-refractivity contribution is 5.86. The first-order valence-corrected chi connectivity index (χ1v) is 5.82. The molecule has 1 heterocycles. The Kier molecular flexibility index (Phi) is 2.56. The normalized spacial score (nSPS) is 13.4. The van der Waals surface area contributed by atoms with E-state index in [4.69, 9.17) is 4.74 Å². The topological polar surface area (TPSA) is 69.9 Å². The van der Waals surface area contributed by atoms with Gasteiger partial charge in [-0.25, -0.2) is 0 Å². The number of phenols is 3. The van der Waals surface area contributed by atoms with E-state index in [9.17, 15) is 15.3 Å². The summed E-state index contributed by atoms with van der Waals surface area (Å²) in [4.78, 5) is 0. The van der Waals surface area contributed by atoms with Crippen molar-refractivity contribution in [2.45, 2.75) is 0 Å². The van der Waals surface area contributed by atoms with E-state index in [1.807, 2.05) is 12.1 Å². The van der Waals surface area contributed by atoms with Crippen molar-refractivity contribution in [1.29, 1.82) is 0 Å². The van der Waals surface area contributed by atoms with E-state index in [2.05, 4.69) is 0 Å². The van der Waals surface area contributed by atoms with E-state index < -0.39 is 0 Å². The lowest BCUT2D eigenvalue weighted by Crippen LogP contribution is -2.06. The van der Waals surface area contributed by atoms with Crippen LogP contribution in [0.25, 0.3) is 11.6 Å². The fourth-order valence-electron chi connectivity index (χ4n) is 2.07. The minimum atomic E-state index is -0.201. The number of ether oxygens (including phenoxy) is 1. The molecule has 0 aromatic heterocycles. The molecule has 4 heteroatoms. The number of fused-ring (bicyclic) bond motifs is 1. The maximum atomic E-state index is 9.50. The summed E-state index contributed by atoms with van der Waals surface area (Å²) < 4.78 is 5.55. The monoisotopic (exact) mass is 256 g/mol. The van der Waals surface area contributed by atoms with Crippen LogP contribution in [-0.4, -0.2) is 21.9 Å². The summed E-state index contributed by atoms with van der Waals surface area (Å²) in [5, 5.41) is 28.4. The minimum Gasteiger partial charge on any atom is -0.508 e. The van der Waals surface area contributed by atoms with Gasteiger partial charge >= 0.3 is 0 Å². The zero-order valence-corrected chi connectivity index (χ0v) is 10.00. The van der Waals surface area contributed by atoms with Gasteiger partial charge in [-0.3, -0.25) is 0 Å². The summed E-state index contributed by atoms with van der Waals surface area (Å²) in [7, 11) is 0. The molecule has 0 fully saturated rings. The van der Waals surface area contributed by atoms with Gasteiger partial charge in [0, 0.05) is 11.6 Å². The van der Waals surface area contributed by atoms with Gasteiger partial charge in [0.2, 0.25) is 0 Å². The second kappa shape index (κ2) is 4.24. The average molecular weight is 256 g/mol. The van der Waals surface area contributed by atoms with Crippen LogP contribution in [0, 0.1) is 0 Å². The second-order valence-corrected chi connectivity index (χ2v) is 4.39. The van der Waals surface area contributed by atoms with Crippen molar-refractivity contribution in [1.82, 2.24) is 0 Å². The van der Waals surface area contributed by atoms with Crippen LogP contribution in [0.4, 0.5) is 0 Å². The summed E-state index contributed by atoms with van der Waals surface area (Å²) in [6.07, 6.45) is 1.87. The average Bonchev–Trinajstić information content (AvgIpc) is 2.39. The highest BCUT2D eigenvalue weighted by Crippen LogP contribution is 2.38. The maximum absolute atomic E-state index is 9.50. The zero-order valence-electron chi connectivity index (χ0n) is 10.00. The highest BCUT2D eigenvalue weighted by atomic mass is 16.5. The second-order valence-electron chi connectivity index (χ2n) is 4.39. The molecule has 19 heavy (non-hydrogen) atoms. The minimum absolute atomic E-state index is 0.184. The van der Waals surface area contributed by atoms with Crippen molar-refractivity contribution in [3.8, 4) is 23.0 Å². The van der Waals surface area contributed by atoms with Gasteiger partial charge in [-0.05, 0) is 35.4 Å². The summed E-state index contributed by atoms with van der Waals surface area (Å²) in [5.41, 5.74) is 2.45. The number of rotatable bonds is 1. The molecule has 0 bridgehead atoms. The van der Waals surface area contributed by atoms with Crippen LogP contribution < -0.4 is 4.74 Å². The van der Waals surface area contributed by atoms with Crippen LogP contribution >= 0.6 is 0 Å². The molecule has 0 aliphatic carbocycles. The third-order valence-electron chi connectivity index (χ3n) is 3.04. The Bertz CT molecular complexity index is 674. The molecule has 1 aliphatic heterocycles. The number of phenolic OH excluding ortho intramolecular Hbond substituents is 3.